The highest BCUT2D eigenvalue weighted by Gasteiger charge is 1.96. The van der Waals surface area contributed by atoms with E-state index in [1.165, 1.54) is 16.3 Å². The Kier molecular flexibility index (Phi) is 3.51. The van der Waals surface area contributed by atoms with Crippen LogP contribution >= 0.6 is 0 Å². The summed E-state index contributed by atoms with van der Waals surface area (Å²) in [6.07, 6.45) is 9.34. The van der Waals surface area contributed by atoms with E-state index in [-0.39, 0.29) is 0 Å². The van der Waals surface area contributed by atoms with Gasteiger partial charge in [0.1, 0.15) is 0 Å². The summed E-state index contributed by atoms with van der Waals surface area (Å²) < 4.78 is 2.07. The summed E-state index contributed by atoms with van der Waals surface area (Å²) in [5.74, 6) is 0. The van der Waals surface area contributed by atoms with Gasteiger partial charge < -0.3 is 9.88 Å². The predicted octanol–water partition coefficient (Wildman–Crippen LogP) is 2.22. The van der Waals surface area contributed by atoms with Crippen molar-refractivity contribution in [3.8, 4) is 0 Å². The molecule has 0 bridgehead atoms. The molecule has 1 aromatic carbocycles. The van der Waals surface area contributed by atoms with Crippen molar-refractivity contribution < 1.29 is 0 Å². The lowest BCUT2D eigenvalue weighted by Crippen LogP contribution is -2.18. The summed E-state index contributed by atoms with van der Waals surface area (Å²) in [7, 11) is 0. The monoisotopic (exact) mass is 252 g/mol. The molecule has 0 aliphatic rings. The molecule has 4 heteroatoms. The van der Waals surface area contributed by atoms with Crippen LogP contribution in [0, 0.1) is 0 Å². The number of nitrogens with one attached hydrogen (secondary N) is 1. The fraction of sp³-hybridized carbons (Fsp3) is 0.200. The minimum atomic E-state index is 0.882. The van der Waals surface area contributed by atoms with Crippen LogP contribution in [0.3, 0.4) is 0 Å². The smallest absolute Gasteiger partial charge is 0.0946 e. The van der Waals surface area contributed by atoms with Crippen molar-refractivity contribution in [3.05, 3.63) is 60.9 Å². The number of rotatable bonds is 5. The van der Waals surface area contributed by atoms with Crippen molar-refractivity contribution in [2.75, 3.05) is 6.54 Å². The van der Waals surface area contributed by atoms with E-state index in [4.69, 9.17) is 0 Å². The first-order valence-corrected chi connectivity index (χ1v) is 6.41. The van der Waals surface area contributed by atoms with Crippen LogP contribution in [0.15, 0.2) is 55.4 Å². The molecule has 3 aromatic rings. The zero-order valence-corrected chi connectivity index (χ0v) is 10.7. The maximum absolute atomic E-state index is 4.12. The van der Waals surface area contributed by atoms with E-state index in [1.807, 2.05) is 31.0 Å². The Morgan fingerprint density at radius 1 is 1.05 bits per heavy atom. The van der Waals surface area contributed by atoms with Gasteiger partial charge in [-0.05, 0) is 23.1 Å². The number of imidazole rings is 1. The van der Waals surface area contributed by atoms with E-state index in [9.17, 15) is 0 Å². The van der Waals surface area contributed by atoms with Crippen LogP contribution in [0.1, 0.15) is 5.56 Å². The number of benzene rings is 1. The molecule has 0 radical (unpaired) electrons. The van der Waals surface area contributed by atoms with Gasteiger partial charge in [0, 0.05) is 49.8 Å². The van der Waals surface area contributed by atoms with E-state index in [2.05, 4.69) is 38.1 Å². The first-order chi connectivity index (χ1) is 9.42. The molecule has 19 heavy (non-hydrogen) atoms. The highest BCUT2D eigenvalue weighted by atomic mass is 15.0. The molecule has 2 heterocycles. The molecular formula is C15H16N4. The first kappa shape index (κ1) is 11.9. The van der Waals surface area contributed by atoms with Gasteiger partial charge in [0.05, 0.1) is 6.33 Å². The molecule has 3 rings (SSSR count). The molecular weight excluding hydrogens is 236 g/mol. The first-order valence-electron chi connectivity index (χ1n) is 6.41. The number of hydrogen-bond donors (Lipinski definition) is 1. The molecule has 0 spiro atoms. The van der Waals surface area contributed by atoms with Gasteiger partial charge in [-0.25, -0.2) is 4.98 Å². The molecule has 2 aromatic heterocycles. The Hall–Kier alpha value is -2.20. The highest BCUT2D eigenvalue weighted by Crippen LogP contribution is 2.14. The summed E-state index contributed by atoms with van der Waals surface area (Å²) in [5.41, 5.74) is 1.30. The van der Waals surface area contributed by atoms with Crippen LogP contribution in [0.5, 0.6) is 0 Å². The Bertz CT molecular complexity index is 646. The molecule has 0 atom stereocenters. The molecule has 0 saturated heterocycles. The highest BCUT2D eigenvalue weighted by molar-refractivity contribution is 5.81. The van der Waals surface area contributed by atoms with Crippen molar-refractivity contribution >= 4 is 10.8 Å². The lowest BCUT2D eigenvalue weighted by atomic mass is 10.1. The Morgan fingerprint density at radius 3 is 2.95 bits per heavy atom. The third kappa shape index (κ3) is 2.98. The van der Waals surface area contributed by atoms with E-state index in [0.29, 0.717) is 0 Å². The number of fused-ring (bicyclic) bond motifs is 1. The van der Waals surface area contributed by atoms with Gasteiger partial charge in [0.15, 0.2) is 0 Å². The molecule has 0 amide bonds. The molecule has 1 N–H and O–H groups in total. The van der Waals surface area contributed by atoms with E-state index in [0.717, 1.165) is 19.6 Å². The zero-order chi connectivity index (χ0) is 12.9. The van der Waals surface area contributed by atoms with Crippen LogP contribution in [0.4, 0.5) is 0 Å². The fourth-order valence-corrected chi connectivity index (χ4v) is 2.10. The molecule has 96 valence electrons. The number of nitrogens with zero attached hydrogens (tertiary/aromatic N) is 3. The summed E-state index contributed by atoms with van der Waals surface area (Å²) in [4.78, 5) is 8.14. The minimum absolute atomic E-state index is 0.882. The van der Waals surface area contributed by atoms with Crippen molar-refractivity contribution in [2.24, 2.45) is 0 Å². The summed E-state index contributed by atoms with van der Waals surface area (Å²) in [6, 6.07) is 8.52. The molecule has 0 aliphatic heterocycles. The van der Waals surface area contributed by atoms with Crippen LogP contribution < -0.4 is 5.32 Å². The van der Waals surface area contributed by atoms with Gasteiger partial charge >= 0.3 is 0 Å². The molecule has 0 aliphatic carbocycles. The maximum Gasteiger partial charge on any atom is 0.0946 e. The average molecular weight is 252 g/mol. The van der Waals surface area contributed by atoms with Gasteiger partial charge in [0.2, 0.25) is 0 Å². The predicted molar refractivity (Wildman–Crippen MR) is 75.7 cm³/mol. The van der Waals surface area contributed by atoms with Gasteiger partial charge in [-0.15, -0.1) is 0 Å². The lowest BCUT2D eigenvalue weighted by Gasteiger charge is -2.06. The van der Waals surface area contributed by atoms with Crippen LogP contribution in [0.2, 0.25) is 0 Å². The van der Waals surface area contributed by atoms with Crippen LogP contribution in [-0.2, 0) is 13.1 Å². The van der Waals surface area contributed by atoms with E-state index in [1.54, 1.807) is 6.20 Å². The quantitative estimate of drug-likeness (QED) is 0.708. The number of hydrogen-bond acceptors (Lipinski definition) is 3. The molecule has 4 nitrogen and oxygen atoms in total. The summed E-state index contributed by atoms with van der Waals surface area (Å²) in [6.45, 7) is 2.76. The lowest BCUT2D eigenvalue weighted by molar-refractivity contribution is 0.597. The second kappa shape index (κ2) is 5.63. The fourth-order valence-electron chi connectivity index (χ4n) is 2.10. The van der Waals surface area contributed by atoms with Crippen molar-refractivity contribution in [2.45, 2.75) is 13.1 Å². The third-order valence-corrected chi connectivity index (χ3v) is 3.14. The maximum atomic E-state index is 4.12. The zero-order valence-electron chi connectivity index (χ0n) is 10.7. The largest absolute Gasteiger partial charge is 0.336 e. The summed E-state index contributed by atoms with van der Waals surface area (Å²) in [5, 5.41) is 5.87. The minimum Gasteiger partial charge on any atom is -0.336 e. The number of pyridine rings is 1. The summed E-state index contributed by atoms with van der Waals surface area (Å²) >= 11 is 0. The second-order valence-electron chi connectivity index (χ2n) is 4.53. The Morgan fingerprint density at radius 2 is 2.05 bits per heavy atom. The average Bonchev–Trinajstić information content (AvgIpc) is 2.97. The normalized spacial score (nSPS) is 10.9. The van der Waals surface area contributed by atoms with E-state index < -0.39 is 0 Å². The van der Waals surface area contributed by atoms with Crippen molar-refractivity contribution in [1.29, 1.82) is 0 Å². The van der Waals surface area contributed by atoms with Gasteiger partial charge in [-0.2, -0.15) is 0 Å². The van der Waals surface area contributed by atoms with Crippen LogP contribution in [-0.4, -0.2) is 21.1 Å². The second-order valence-corrected chi connectivity index (χ2v) is 4.53. The van der Waals surface area contributed by atoms with Gasteiger partial charge in [-0.1, -0.05) is 12.1 Å². The Labute approximate surface area is 112 Å². The molecule has 0 unspecified atom stereocenters. The van der Waals surface area contributed by atoms with Crippen LogP contribution in [0.25, 0.3) is 10.8 Å². The Balaban J connectivity index is 1.56. The topological polar surface area (TPSA) is 42.7 Å². The van der Waals surface area contributed by atoms with Gasteiger partial charge in [0.25, 0.3) is 0 Å². The SMILES string of the molecule is c1cc2cc(CNCCn3ccnc3)ccc2cn1. The number of aromatic nitrogens is 3. The third-order valence-electron chi connectivity index (χ3n) is 3.14. The van der Waals surface area contributed by atoms with Gasteiger partial charge in [-0.3, -0.25) is 4.98 Å². The molecule has 0 saturated carbocycles. The van der Waals surface area contributed by atoms with Crippen molar-refractivity contribution in [3.63, 3.8) is 0 Å². The van der Waals surface area contributed by atoms with E-state index >= 15 is 0 Å². The molecule has 0 fully saturated rings. The van der Waals surface area contributed by atoms with Crippen molar-refractivity contribution in [1.82, 2.24) is 19.9 Å². The standard InChI is InChI=1S/C15H16N4/c1-2-15-11-16-4-3-14(15)9-13(1)10-17-5-7-19-8-6-18-12-19/h1-4,6,8-9,11-12,17H,5,7,10H2.